The number of nitrogens with one attached hydrogen (secondary N) is 1. The molecule has 2 rings (SSSR count). The Labute approximate surface area is 119 Å². The smallest absolute Gasteiger partial charge is 0.205 e. The molecular weight excluding hydrogens is 250 g/mol. The number of ketones is 2. The molecule has 0 aliphatic heterocycles. The van der Waals surface area contributed by atoms with Crippen LogP contribution >= 0.6 is 0 Å². The van der Waals surface area contributed by atoms with Crippen LogP contribution in [0.3, 0.4) is 0 Å². The Balaban J connectivity index is 2.19. The van der Waals surface area contributed by atoms with Crippen molar-refractivity contribution in [1.82, 2.24) is 5.32 Å². The zero-order chi connectivity index (χ0) is 14.7. The molecule has 0 fully saturated rings. The largest absolute Gasteiger partial charge is 0.377 e. The van der Waals surface area contributed by atoms with E-state index < -0.39 is 0 Å². The maximum absolute atomic E-state index is 12.4. The summed E-state index contributed by atoms with van der Waals surface area (Å²) in [6.45, 7) is 6.08. The van der Waals surface area contributed by atoms with E-state index in [4.69, 9.17) is 0 Å². The summed E-state index contributed by atoms with van der Waals surface area (Å²) in [7, 11) is 0. The summed E-state index contributed by atoms with van der Waals surface area (Å²) in [4.78, 5) is 24.4. The minimum absolute atomic E-state index is 0.0491. The fourth-order valence-corrected chi connectivity index (χ4v) is 2.18. The zero-order valence-electron chi connectivity index (χ0n) is 12.1. The van der Waals surface area contributed by atoms with Gasteiger partial charge in [-0.25, -0.2) is 0 Å². The van der Waals surface area contributed by atoms with Gasteiger partial charge in [-0.05, 0) is 24.5 Å². The molecular formula is C17H19NO2. The van der Waals surface area contributed by atoms with Gasteiger partial charge in [0, 0.05) is 17.7 Å². The molecule has 0 spiro atoms. The van der Waals surface area contributed by atoms with Crippen molar-refractivity contribution in [2.45, 2.75) is 27.3 Å². The van der Waals surface area contributed by atoms with Gasteiger partial charge in [-0.15, -0.1) is 0 Å². The molecule has 0 unspecified atom stereocenters. The molecule has 0 radical (unpaired) electrons. The Morgan fingerprint density at radius 1 is 1.10 bits per heavy atom. The van der Waals surface area contributed by atoms with Crippen molar-refractivity contribution in [3.05, 3.63) is 58.8 Å². The molecule has 1 aromatic carbocycles. The number of benzene rings is 1. The van der Waals surface area contributed by atoms with Crippen LogP contribution in [0.2, 0.25) is 0 Å². The van der Waals surface area contributed by atoms with E-state index >= 15 is 0 Å². The Bertz CT molecular complexity index is 595. The van der Waals surface area contributed by atoms with Crippen molar-refractivity contribution < 1.29 is 9.59 Å². The van der Waals surface area contributed by atoms with Crippen LogP contribution in [0.5, 0.6) is 0 Å². The second-order valence-electron chi connectivity index (χ2n) is 5.29. The molecule has 3 nitrogen and oxygen atoms in total. The maximum Gasteiger partial charge on any atom is 0.205 e. The molecule has 1 aliphatic rings. The fourth-order valence-electron chi connectivity index (χ4n) is 2.18. The van der Waals surface area contributed by atoms with E-state index in [9.17, 15) is 9.59 Å². The van der Waals surface area contributed by atoms with Gasteiger partial charge in [0.05, 0.1) is 5.70 Å². The fraction of sp³-hybridized carbons (Fsp3) is 0.294. The van der Waals surface area contributed by atoms with Crippen LogP contribution in [0.25, 0.3) is 0 Å². The van der Waals surface area contributed by atoms with Crippen LogP contribution in [0.1, 0.15) is 26.3 Å². The molecule has 0 bridgehead atoms. The normalized spacial score (nSPS) is 15.7. The summed E-state index contributed by atoms with van der Waals surface area (Å²) in [5.41, 5.74) is 2.59. The molecule has 0 atom stereocenters. The molecule has 104 valence electrons. The molecule has 0 aromatic heterocycles. The van der Waals surface area contributed by atoms with Crippen LogP contribution in [0, 0.1) is 5.92 Å². The van der Waals surface area contributed by atoms with E-state index in [0.717, 1.165) is 5.56 Å². The van der Waals surface area contributed by atoms with Crippen LogP contribution in [0.15, 0.2) is 53.3 Å². The Hall–Kier alpha value is -2.16. The highest BCUT2D eigenvalue weighted by atomic mass is 16.1. The van der Waals surface area contributed by atoms with Crippen LogP contribution in [-0.4, -0.2) is 11.6 Å². The third kappa shape index (κ3) is 2.87. The lowest BCUT2D eigenvalue weighted by Crippen LogP contribution is -2.29. The van der Waals surface area contributed by atoms with Crippen molar-refractivity contribution >= 4 is 11.6 Å². The van der Waals surface area contributed by atoms with Crippen LogP contribution in [-0.2, 0) is 16.1 Å². The topological polar surface area (TPSA) is 46.2 Å². The van der Waals surface area contributed by atoms with Gasteiger partial charge in [-0.2, -0.15) is 0 Å². The van der Waals surface area contributed by atoms with Gasteiger partial charge in [0.15, 0.2) is 5.78 Å². The minimum atomic E-state index is -0.0798. The number of carbonyl (C=O) groups excluding carboxylic acids is 2. The highest BCUT2D eigenvalue weighted by Gasteiger charge is 2.27. The number of rotatable bonds is 4. The lowest BCUT2D eigenvalue weighted by Gasteiger charge is -2.20. The predicted molar refractivity (Wildman–Crippen MR) is 78.9 cm³/mol. The Kier molecular flexibility index (Phi) is 4.18. The molecule has 3 heteroatoms. The summed E-state index contributed by atoms with van der Waals surface area (Å²) in [5.74, 6) is -0.0926. The number of allylic oxidation sites excluding steroid dienone is 3. The highest BCUT2D eigenvalue weighted by molar-refractivity contribution is 6.22. The van der Waals surface area contributed by atoms with Crippen molar-refractivity contribution in [1.29, 1.82) is 0 Å². The average molecular weight is 269 g/mol. The lowest BCUT2D eigenvalue weighted by molar-refractivity contribution is -0.116. The summed E-state index contributed by atoms with van der Waals surface area (Å²) >= 11 is 0. The van der Waals surface area contributed by atoms with Crippen molar-refractivity contribution in [2.24, 2.45) is 5.92 Å². The van der Waals surface area contributed by atoms with Gasteiger partial charge in [0.25, 0.3) is 0 Å². The van der Waals surface area contributed by atoms with E-state index in [1.165, 1.54) is 6.08 Å². The first-order valence-electron chi connectivity index (χ1n) is 6.80. The number of hydrogen-bond donors (Lipinski definition) is 1. The van der Waals surface area contributed by atoms with Gasteiger partial charge in [-0.1, -0.05) is 44.2 Å². The third-order valence-corrected chi connectivity index (χ3v) is 3.45. The van der Waals surface area contributed by atoms with Crippen molar-refractivity contribution in [3.63, 3.8) is 0 Å². The highest BCUT2D eigenvalue weighted by Crippen LogP contribution is 2.22. The summed E-state index contributed by atoms with van der Waals surface area (Å²) in [5, 5.41) is 3.12. The van der Waals surface area contributed by atoms with Gasteiger partial charge < -0.3 is 5.32 Å². The summed E-state index contributed by atoms with van der Waals surface area (Å²) in [6, 6.07) is 9.81. The number of Topliss-reactive ketones (excluding diaryl/α,β-unsaturated/α-hetero) is 1. The lowest BCUT2D eigenvalue weighted by atomic mass is 9.88. The molecule has 20 heavy (non-hydrogen) atoms. The second kappa shape index (κ2) is 5.87. The van der Waals surface area contributed by atoms with E-state index in [1.54, 1.807) is 6.92 Å². The first kappa shape index (κ1) is 14.3. The van der Waals surface area contributed by atoms with E-state index in [1.807, 2.05) is 44.2 Å². The SMILES string of the molecule is CC1=C(NCc2ccccc2)C(=O)C(C(C)C)=CC1=O. The Morgan fingerprint density at radius 3 is 2.35 bits per heavy atom. The number of hydrogen-bond acceptors (Lipinski definition) is 3. The van der Waals surface area contributed by atoms with Gasteiger partial charge >= 0.3 is 0 Å². The molecule has 0 amide bonds. The molecule has 0 saturated carbocycles. The molecule has 0 saturated heterocycles. The molecule has 1 N–H and O–H groups in total. The molecule has 0 heterocycles. The summed E-state index contributed by atoms with van der Waals surface area (Å²) < 4.78 is 0. The minimum Gasteiger partial charge on any atom is -0.377 e. The van der Waals surface area contributed by atoms with Crippen LogP contribution in [0.4, 0.5) is 0 Å². The Morgan fingerprint density at radius 2 is 1.75 bits per heavy atom. The van der Waals surface area contributed by atoms with Crippen molar-refractivity contribution in [2.75, 3.05) is 0 Å². The van der Waals surface area contributed by atoms with Gasteiger partial charge in [-0.3, -0.25) is 9.59 Å². The van der Waals surface area contributed by atoms with Crippen LogP contribution < -0.4 is 5.32 Å². The third-order valence-electron chi connectivity index (χ3n) is 3.45. The van der Waals surface area contributed by atoms with E-state index in [0.29, 0.717) is 23.4 Å². The van der Waals surface area contributed by atoms with E-state index in [-0.39, 0.29) is 17.5 Å². The van der Waals surface area contributed by atoms with Gasteiger partial charge in [0.1, 0.15) is 0 Å². The average Bonchev–Trinajstić information content (AvgIpc) is 2.43. The first-order chi connectivity index (χ1) is 9.50. The second-order valence-corrected chi connectivity index (χ2v) is 5.29. The maximum atomic E-state index is 12.4. The first-order valence-corrected chi connectivity index (χ1v) is 6.80. The van der Waals surface area contributed by atoms with Crippen molar-refractivity contribution in [3.8, 4) is 0 Å². The molecule has 1 aliphatic carbocycles. The van der Waals surface area contributed by atoms with E-state index in [2.05, 4.69) is 5.32 Å². The standard InChI is InChI=1S/C17H19NO2/c1-11(2)14-9-15(19)12(3)16(17(14)20)18-10-13-7-5-4-6-8-13/h4-9,11,18H,10H2,1-3H3. The zero-order valence-corrected chi connectivity index (χ0v) is 12.1. The molecule has 1 aromatic rings. The monoisotopic (exact) mass is 269 g/mol. The number of carbonyl (C=O) groups is 2. The summed E-state index contributed by atoms with van der Waals surface area (Å²) in [6.07, 6.45) is 1.47. The quantitative estimate of drug-likeness (QED) is 0.855. The predicted octanol–water partition coefficient (Wildman–Crippen LogP) is 2.78. The van der Waals surface area contributed by atoms with Gasteiger partial charge in [0.2, 0.25) is 5.78 Å².